The molecular weight excluding hydrogens is 392 g/mol. The molecule has 0 bridgehead atoms. The molecule has 2 aliphatic rings. The van der Waals surface area contributed by atoms with E-state index < -0.39 is 6.04 Å². The van der Waals surface area contributed by atoms with Crippen LogP contribution in [-0.2, 0) is 4.79 Å². The van der Waals surface area contributed by atoms with Gasteiger partial charge in [0, 0.05) is 37.3 Å². The SMILES string of the molecule is CC(C)(C)NC(=O)N1CCC(C(NC(=O)c2ccccc2)C(=O)N2CCCCC2)CC1. The highest BCUT2D eigenvalue weighted by Crippen LogP contribution is 2.24. The van der Waals surface area contributed by atoms with Crippen LogP contribution in [0, 0.1) is 5.92 Å². The van der Waals surface area contributed by atoms with Crippen molar-refractivity contribution in [3.63, 3.8) is 0 Å². The van der Waals surface area contributed by atoms with Crippen LogP contribution in [0.3, 0.4) is 0 Å². The summed E-state index contributed by atoms with van der Waals surface area (Å²) in [6.07, 6.45) is 4.55. The molecule has 0 spiro atoms. The van der Waals surface area contributed by atoms with Crippen molar-refractivity contribution in [2.24, 2.45) is 5.92 Å². The lowest BCUT2D eigenvalue weighted by Gasteiger charge is -2.39. The van der Waals surface area contributed by atoms with Gasteiger partial charge in [0.2, 0.25) is 5.91 Å². The van der Waals surface area contributed by atoms with Crippen LogP contribution in [0.25, 0.3) is 0 Å². The van der Waals surface area contributed by atoms with Gasteiger partial charge in [-0.2, -0.15) is 0 Å². The Morgan fingerprint density at radius 1 is 0.903 bits per heavy atom. The van der Waals surface area contributed by atoms with Crippen LogP contribution in [0.5, 0.6) is 0 Å². The van der Waals surface area contributed by atoms with E-state index in [0.717, 1.165) is 32.4 Å². The van der Waals surface area contributed by atoms with Crippen LogP contribution in [0.15, 0.2) is 30.3 Å². The molecule has 0 aromatic heterocycles. The highest BCUT2D eigenvalue weighted by molar-refractivity contribution is 5.97. The summed E-state index contributed by atoms with van der Waals surface area (Å²) in [5, 5.41) is 6.04. The van der Waals surface area contributed by atoms with Crippen molar-refractivity contribution in [1.82, 2.24) is 20.4 Å². The predicted octanol–water partition coefficient (Wildman–Crippen LogP) is 3.02. The molecule has 1 aromatic carbocycles. The third-order valence-corrected chi connectivity index (χ3v) is 6.04. The fraction of sp³-hybridized carbons (Fsp3) is 0.625. The van der Waals surface area contributed by atoms with E-state index in [9.17, 15) is 14.4 Å². The predicted molar refractivity (Wildman–Crippen MR) is 121 cm³/mol. The summed E-state index contributed by atoms with van der Waals surface area (Å²) in [6, 6.07) is 8.41. The Morgan fingerprint density at radius 2 is 1.52 bits per heavy atom. The summed E-state index contributed by atoms with van der Waals surface area (Å²) in [5.41, 5.74) is 0.269. The second-order valence-corrected chi connectivity index (χ2v) is 9.71. The Hall–Kier alpha value is -2.57. The Labute approximate surface area is 185 Å². The third kappa shape index (κ3) is 6.45. The molecule has 0 aliphatic carbocycles. The monoisotopic (exact) mass is 428 g/mol. The molecule has 1 atom stereocenters. The van der Waals surface area contributed by atoms with Gasteiger partial charge in [-0.05, 0) is 70.9 Å². The van der Waals surface area contributed by atoms with E-state index in [1.807, 2.05) is 48.8 Å². The van der Waals surface area contributed by atoms with Gasteiger partial charge in [0.25, 0.3) is 5.91 Å². The molecule has 170 valence electrons. The number of rotatable bonds is 4. The summed E-state index contributed by atoms with van der Waals surface area (Å²) in [6.45, 7) is 8.56. The van der Waals surface area contributed by atoms with Crippen molar-refractivity contribution >= 4 is 17.8 Å². The zero-order valence-corrected chi connectivity index (χ0v) is 19.0. The number of hydrogen-bond donors (Lipinski definition) is 2. The number of amides is 4. The summed E-state index contributed by atoms with van der Waals surface area (Å²) in [4.78, 5) is 42.5. The standard InChI is InChI=1S/C24H36N4O3/c1-24(2,3)26-23(31)28-16-12-18(13-17-28)20(22(30)27-14-8-5-9-15-27)25-21(29)19-10-6-4-7-11-19/h4,6-7,10-11,18,20H,5,8-9,12-17H2,1-3H3,(H,25,29)(H,26,31). The molecule has 7 heteroatoms. The average molecular weight is 429 g/mol. The van der Waals surface area contributed by atoms with Gasteiger partial charge in [0.15, 0.2) is 0 Å². The molecule has 31 heavy (non-hydrogen) atoms. The molecule has 2 heterocycles. The van der Waals surface area contributed by atoms with Crippen molar-refractivity contribution in [1.29, 1.82) is 0 Å². The van der Waals surface area contributed by atoms with Gasteiger partial charge in [-0.25, -0.2) is 4.79 Å². The van der Waals surface area contributed by atoms with Gasteiger partial charge >= 0.3 is 6.03 Å². The lowest BCUT2D eigenvalue weighted by Crippen LogP contribution is -2.56. The largest absolute Gasteiger partial charge is 0.341 e. The van der Waals surface area contributed by atoms with Gasteiger partial charge in [-0.3, -0.25) is 9.59 Å². The van der Waals surface area contributed by atoms with Crippen molar-refractivity contribution in [3.05, 3.63) is 35.9 Å². The molecule has 0 radical (unpaired) electrons. The van der Waals surface area contributed by atoms with Gasteiger partial charge in [-0.1, -0.05) is 18.2 Å². The first-order valence-corrected chi connectivity index (χ1v) is 11.5. The highest BCUT2D eigenvalue weighted by atomic mass is 16.2. The maximum absolute atomic E-state index is 13.4. The molecule has 2 aliphatic heterocycles. The third-order valence-electron chi connectivity index (χ3n) is 6.04. The highest BCUT2D eigenvalue weighted by Gasteiger charge is 2.36. The molecule has 4 amide bonds. The van der Waals surface area contributed by atoms with E-state index in [-0.39, 0.29) is 29.3 Å². The number of nitrogens with one attached hydrogen (secondary N) is 2. The van der Waals surface area contributed by atoms with Gasteiger partial charge < -0.3 is 20.4 Å². The Kier molecular flexibility index (Phi) is 7.57. The number of nitrogens with zero attached hydrogens (tertiary/aromatic N) is 2. The minimum Gasteiger partial charge on any atom is -0.341 e. The van der Waals surface area contributed by atoms with Crippen LogP contribution in [0.4, 0.5) is 4.79 Å². The van der Waals surface area contributed by atoms with Gasteiger partial charge in [0.05, 0.1) is 0 Å². The van der Waals surface area contributed by atoms with Crippen molar-refractivity contribution in [2.45, 2.75) is 64.5 Å². The molecule has 7 nitrogen and oxygen atoms in total. The minimum atomic E-state index is -0.557. The zero-order valence-electron chi connectivity index (χ0n) is 19.0. The Balaban J connectivity index is 1.68. The van der Waals surface area contributed by atoms with E-state index >= 15 is 0 Å². The number of hydrogen-bond acceptors (Lipinski definition) is 3. The van der Waals surface area contributed by atoms with E-state index in [0.29, 0.717) is 31.5 Å². The maximum Gasteiger partial charge on any atom is 0.317 e. The minimum absolute atomic E-state index is 0.0146. The second-order valence-electron chi connectivity index (χ2n) is 9.71. The van der Waals surface area contributed by atoms with Crippen LogP contribution in [-0.4, -0.2) is 65.4 Å². The normalized spacial score (nSPS) is 18.9. The molecule has 1 aromatic rings. The molecule has 0 saturated carbocycles. The maximum atomic E-state index is 13.4. The lowest BCUT2D eigenvalue weighted by molar-refractivity contribution is -0.136. The van der Waals surface area contributed by atoms with Gasteiger partial charge in [0.1, 0.15) is 6.04 Å². The van der Waals surface area contributed by atoms with E-state index in [4.69, 9.17) is 0 Å². The Bertz CT molecular complexity index is 761. The fourth-order valence-electron chi connectivity index (χ4n) is 4.34. The molecule has 3 rings (SSSR count). The molecule has 2 fully saturated rings. The van der Waals surface area contributed by atoms with Crippen LogP contribution >= 0.6 is 0 Å². The number of benzene rings is 1. The van der Waals surface area contributed by atoms with Crippen molar-refractivity contribution in [2.75, 3.05) is 26.2 Å². The van der Waals surface area contributed by atoms with E-state index in [1.165, 1.54) is 0 Å². The number of urea groups is 1. The number of likely N-dealkylation sites (tertiary alicyclic amines) is 2. The molecule has 2 N–H and O–H groups in total. The summed E-state index contributed by atoms with van der Waals surface area (Å²) >= 11 is 0. The van der Waals surface area contributed by atoms with Crippen LogP contribution in [0.1, 0.15) is 63.2 Å². The topological polar surface area (TPSA) is 81.8 Å². The first kappa shape index (κ1) is 23.1. The Morgan fingerprint density at radius 3 is 2.10 bits per heavy atom. The lowest BCUT2D eigenvalue weighted by atomic mass is 9.88. The van der Waals surface area contributed by atoms with Gasteiger partial charge in [-0.15, -0.1) is 0 Å². The average Bonchev–Trinajstić information content (AvgIpc) is 2.77. The van der Waals surface area contributed by atoms with Crippen molar-refractivity contribution in [3.8, 4) is 0 Å². The molecule has 2 saturated heterocycles. The summed E-state index contributed by atoms with van der Waals surface area (Å²) in [5.74, 6) is -0.189. The second kappa shape index (κ2) is 10.2. The van der Waals surface area contributed by atoms with E-state index in [2.05, 4.69) is 10.6 Å². The first-order valence-electron chi connectivity index (χ1n) is 11.5. The fourth-order valence-corrected chi connectivity index (χ4v) is 4.34. The first-order chi connectivity index (χ1) is 14.7. The van der Waals surface area contributed by atoms with E-state index in [1.54, 1.807) is 12.1 Å². The summed E-state index contributed by atoms with van der Waals surface area (Å²) < 4.78 is 0. The number of piperidine rings is 2. The number of carbonyl (C=O) groups excluding carboxylic acids is 3. The number of carbonyl (C=O) groups is 3. The van der Waals surface area contributed by atoms with Crippen LogP contribution < -0.4 is 10.6 Å². The molecular formula is C24H36N4O3. The quantitative estimate of drug-likeness (QED) is 0.773. The molecule has 1 unspecified atom stereocenters. The van der Waals surface area contributed by atoms with Crippen LogP contribution in [0.2, 0.25) is 0 Å². The van der Waals surface area contributed by atoms with Crippen molar-refractivity contribution < 1.29 is 14.4 Å². The zero-order chi connectivity index (χ0) is 22.4. The summed E-state index contributed by atoms with van der Waals surface area (Å²) in [7, 11) is 0. The smallest absolute Gasteiger partial charge is 0.317 e.